The standard InChI is InChI=1S/C30H54O5S/c1-2-3-4-5-6-7-8-9-10-11-13-17-20-26-23-22-25(29(35)30(26)36-24-28(33)34)19-16-14-12-15-18-21-27(31)32/h20,25,29-30,35H,2-19,21-24H2,1H3,(H,31,32)(H,33,34)/t25-,29+,30+/m1/s1. The van der Waals surface area contributed by atoms with E-state index in [1.165, 1.54) is 88.0 Å². The summed E-state index contributed by atoms with van der Waals surface area (Å²) in [5, 5.41) is 28.9. The molecule has 0 bridgehead atoms. The van der Waals surface area contributed by atoms with Crippen molar-refractivity contribution in [3.8, 4) is 0 Å². The van der Waals surface area contributed by atoms with Crippen molar-refractivity contribution in [2.24, 2.45) is 5.92 Å². The van der Waals surface area contributed by atoms with Crippen molar-refractivity contribution in [3.05, 3.63) is 11.6 Å². The Morgan fingerprint density at radius 3 is 1.94 bits per heavy atom. The van der Waals surface area contributed by atoms with Crippen molar-refractivity contribution < 1.29 is 24.9 Å². The quantitative estimate of drug-likeness (QED) is 0.0914. The molecule has 36 heavy (non-hydrogen) atoms. The van der Waals surface area contributed by atoms with Gasteiger partial charge in [-0.05, 0) is 44.4 Å². The van der Waals surface area contributed by atoms with Gasteiger partial charge in [0.15, 0.2) is 0 Å². The number of carboxylic acids is 2. The van der Waals surface area contributed by atoms with Crippen LogP contribution in [0.4, 0.5) is 0 Å². The molecule has 0 radical (unpaired) electrons. The Balaban J connectivity index is 2.30. The maximum Gasteiger partial charge on any atom is 0.313 e. The van der Waals surface area contributed by atoms with Crippen LogP contribution in [0.1, 0.15) is 142 Å². The molecule has 3 N–H and O–H groups in total. The van der Waals surface area contributed by atoms with Gasteiger partial charge in [0.25, 0.3) is 0 Å². The average Bonchev–Trinajstić information content (AvgIpc) is 2.84. The number of carboxylic acid groups (broad SMARTS) is 2. The van der Waals surface area contributed by atoms with E-state index in [1.54, 1.807) is 0 Å². The fourth-order valence-corrected chi connectivity index (χ4v) is 6.51. The van der Waals surface area contributed by atoms with Gasteiger partial charge < -0.3 is 15.3 Å². The fraction of sp³-hybridized carbons (Fsp3) is 0.867. The Bertz CT molecular complexity index is 606. The maximum absolute atomic E-state index is 11.2. The summed E-state index contributed by atoms with van der Waals surface area (Å²) in [6.45, 7) is 2.26. The lowest BCUT2D eigenvalue weighted by Crippen LogP contribution is -2.37. The van der Waals surface area contributed by atoms with Gasteiger partial charge in [-0.15, -0.1) is 11.8 Å². The zero-order valence-corrected chi connectivity index (χ0v) is 23.7. The Morgan fingerprint density at radius 2 is 1.36 bits per heavy atom. The summed E-state index contributed by atoms with van der Waals surface area (Å²) in [7, 11) is 0. The highest BCUT2D eigenvalue weighted by Crippen LogP contribution is 2.39. The van der Waals surface area contributed by atoms with Crippen LogP contribution >= 0.6 is 11.8 Å². The molecule has 0 aromatic carbocycles. The summed E-state index contributed by atoms with van der Waals surface area (Å²) in [4.78, 5) is 21.8. The zero-order chi connectivity index (χ0) is 26.4. The number of carbonyl (C=O) groups is 2. The lowest BCUT2D eigenvalue weighted by atomic mass is 9.79. The zero-order valence-electron chi connectivity index (χ0n) is 22.9. The van der Waals surface area contributed by atoms with Crippen molar-refractivity contribution >= 4 is 23.7 Å². The molecule has 3 atom stereocenters. The minimum absolute atomic E-state index is 0.0355. The SMILES string of the molecule is CCCCCCCCCCCCCC=C1CC[C@@H](CCCCCCCC(=O)O)[C@H](O)[C@H]1SCC(=O)O. The molecule has 1 rings (SSSR count). The fourth-order valence-electron chi connectivity index (χ4n) is 5.34. The molecule has 6 heteroatoms. The van der Waals surface area contributed by atoms with Crippen LogP contribution in [0.2, 0.25) is 0 Å². The van der Waals surface area contributed by atoms with E-state index in [0.717, 1.165) is 57.8 Å². The summed E-state index contributed by atoms with van der Waals surface area (Å²) in [5.74, 6) is -1.28. The van der Waals surface area contributed by atoms with Crippen LogP contribution in [0, 0.1) is 5.92 Å². The Morgan fingerprint density at radius 1 is 0.806 bits per heavy atom. The molecule has 0 aromatic heterocycles. The second-order valence-corrected chi connectivity index (χ2v) is 11.8. The van der Waals surface area contributed by atoms with Crippen molar-refractivity contribution in [3.63, 3.8) is 0 Å². The van der Waals surface area contributed by atoms with Crippen molar-refractivity contribution in [2.45, 2.75) is 153 Å². The molecule has 0 unspecified atom stereocenters. The van der Waals surface area contributed by atoms with Crippen molar-refractivity contribution in [1.82, 2.24) is 0 Å². The lowest BCUT2D eigenvalue weighted by molar-refractivity contribution is -0.137. The van der Waals surface area contributed by atoms with Gasteiger partial charge >= 0.3 is 11.9 Å². The number of unbranched alkanes of at least 4 members (excludes halogenated alkanes) is 15. The predicted molar refractivity (Wildman–Crippen MR) is 152 cm³/mol. The first-order valence-corrected chi connectivity index (χ1v) is 15.9. The van der Waals surface area contributed by atoms with E-state index in [9.17, 15) is 19.8 Å². The van der Waals surface area contributed by atoms with Gasteiger partial charge in [-0.3, -0.25) is 9.59 Å². The predicted octanol–water partition coefficient (Wildman–Crippen LogP) is 8.39. The number of thioether (sulfide) groups is 1. The van der Waals surface area contributed by atoms with Gasteiger partial charge in [0.2, 0.25) is 0 Å². The topological polar surface area (TPSA) is 94.8 Å². The maximum atomic E-state index is 11.2. The number of rotatable bonds is 23. The van der Waals surface area contributed by atoms with E-state index in [4.69, 9.17) is 5.11 Å². The van der Waals surface area contributed by atoms with Gasteiger partial charge in [0.1, 0.15) is 0 Å². The number of hydrogen-bond acceptors (Lipinski definition) is 4. The second kappa shape index (κ2) is 22.0. The molecule has 0 amide bonds. The lowest BCUT2D eigenvalue weighted by Gasteiger charge is -2.36. The number of aliphatic hydroxyl groups is 1. The molecule has 0 aromatic rings. The first-order valence-electron chi connectivity index (χ1n) is 14.9. The van der Waals surface area contributed by atoms with Crippen LogP contribution in [-0.2, 0) is 9.59 Å². The normalized spacial score (nSPS) is 21.2. The van der Waals surface area contributed by atoms with E-state index < -0.39 is 18.0 Å². The molecule has 0 spiro atoms. The van der Waals surface area contributed by atoms with Crippen LogP contribution < -0.4 is 0 Å². The highest BCUT2D eigenvalue weighted by Gasteiger charge is 2.35. The van der Waals surface area contributed by atoms with Crippen molar-refractivity contribution in [2.75, 3.05) is 5.75 Å². The van der Waals surface area contributed by atoms with E-state index in [0.29, 0.717) is 0 Å². The smallest absolute Gasteiger partial charge is 0.313 e. The number of allylic oxidation sites excluding steroid dienone is 1. The van der Waals surface area contributed by atoms with Gasteiger partial charge in [-0.1, -0.05) is 108 Å². The minimum atomic E-state index is -0.819. The summed E-state index contributed by atoms with van der Waals surface area (Å²) in [5.41, 5.74) is 1.26. The molecule has 1 aliphatic rings. The Kier molecular flexibility index (Phi) is 20.2. The first-order chi connectivity index (χ1) is 17.5. The third kappa shape index (κ3) is 16.7. The molecule has 5 nitrogen and oxygen atoms in total. The van der Waals surface area contributed by atoms with E-state index in [1.807, 2.05) is 0 Å². The van der Waals surface area contributed by atoms with E-state index in [-0.39, 0.29) is 23.3 Å². The first kappa shape index (κ1) is 33.0. The summed E-state index contributed by atoms with van der Waals surface area (Å²) in [6, 6.07) is 0. The Labute approximate surface area is 224 Å². The van der Waals surface area contributed by atoms with E-state index in [2.05, 4.69) is 13.0 Å². The van der Waals surface area contributed by atoms with Crippen LogP contribution in [-0.4, -0.2) is 44.4 Å². The largest absolute Gasteiger partial charge is 0.481 e. The molecule has 1 aliphatic carbocycles. The molecule has 0 aliphatic heterocycles. The van der Waals surface area contributed by atoms with Crippen LogP contribution in [0.25, 0.3) is 0 Å². The van der Waals surface area contributed by atoms with Gasteiger partial charge in [-0.2, -0.15) is 0 Å². The highest BCUT2D eigenvalue weighted by atomic mass is 32.2. The number of hydrogen-bond donors (Lipinski definition) is 3. The second-order valence-electron chi connectivity index (χ2n) is 10.7. The monoisotopic (exact) mass is 526 g/mol. The van der Waals surface area contributed by atoms with E-state index >= 15 is 0 Å². The third-order valence-corrected chi connectivity index (χ3v) is 8.88. The molecular formula is C30H54O5S. The van der Waals surface area contributed by atoms with Crippen LogP contribution in [0.15, 0.2) is 11.6 Å². The number of aliphatic hydroxyl groups excluding tert-OH is 1. The van der Waals surface area contributed by atoms with Gasteiger partial charge in [0.05, 0.1) is 17.1 Å². The summed E-state index contributed by atoms with van der Waals surface area (Å²) < 4.78 is 0. The molecule has 1 saturated carbocycles. The van der Waals surface area contributed by atoms with Crippen molar-refractivity contribution in [1.29, 1.82) is 0 Å². The molecule has 0 heterocycles. The van der Waals surface area contributed by atoms with Crippen LogP contribution in [0.3, 0.4) is 0 Å². The molecule has 1 fully saturated rings. The highest BCUT2D eigenvalue weighted by molar-refractivity contribution is 8.00. The molecular weight excluding hydrogens is 472 g/mol. The Hall–Kier alpha value is -1.01. The average molecular weight is 527 g/mol. The number of aliphatic carboxylic acids is 2. The van der Waals surface area contributed by atoms with Crippen LogP contribution in [0.5, 0.6) is 0 Å². The summed E-state index contributed by atoms with van der Waals surface area (Å²) >= 11 is 1.39. The third-order valence-electron chi connectivity index (χ3n) is 7.53. The van der Waals surface area contributed by atoms with Gasteiger partial charge in [-0.25, -0.2) is 0 Å². The van der Waals surface area contributed by atoms with Gasteiger partial charge in [0, 0.05) is 6.42 Å². The minimum Gasteiger partial charge on any atom is -0.481 e. The molecule has 210 valence electrons. The molecule has 0 saturated heterocycles. The summed E-state index contributed by atoms with van der Waals surface area (Å²) in [6.07, 6.45) is 25.5.